The number of carbonyl (C=O) groups excluding carboxylic acids is 1. The first kappa shape index (κ1) is 16.6. The topological polar surface area (TPSA) is 67.9 Å². The summed E-state index contributed by atoms with van der Waals surface area (Å²) >= 11 is 3.91. The molecule has 1 fully saturated rings. The summed E-state index contributed by atoms with van der Waals surface area (Å²) < 4.78 is 9.69. The maximum Gasteiger partial charge on any atom is 0.288 e. The summed E-state index contributed by atoms with van der Waals surface area (Å²) in [6, 6.07) is 0. The Bertz CT molecular complexity index is 355. The van der Waals surface area contributed by atoms with E-state index in [2.05, 4.69) is 11.0 Å². The van der Waals surface area contributed by atoms with E-state index in [0.29, 0.717) is 5.09 Å². The van der Waals surface area contributed by atoms with Gasteiger partial charge in [0.1, 0.15) is 6.10 Å². The molecule has 0 bridgehead atoms. The first-order chi connectivity index (χ1) is 8.99. The molecular weight excluding hydrogens is 302 g/mol. The van der Waals surface area contributed by atoms with Crippen LogP contribution in [-0.2, 0) is 4.74 Å². The molecule has 0 aromatic heterocycles. The smallest absolute Gasteiger partial charge is 0.288 e. The second kappa shape index (κ2) is 8.65. The fourth-order valence-corrected chi connectivity index (χ4v) is 3.35. The number of nitrogens with two attached hydrogens (primary N) is 1. The van der Waals surface area contributed by atoms with E-state index in [9.17, 15) is 4.79 Å². The fourth-order valence-electron chi connectivity index (χ4n) is 1.30. The first-order valence-corrected chi connectivity index (χ1v) is 8.56. The normalized spacial score (nSPS) is 17.1. The van der Waals surface area contributed by atoms with Crippen LogP contribution < -0.4 is 5.73 Å². The van der Waals surface area contributed by atoms with Crippen LogP contribution in [0.1, 0.15) is 12.8 Å². The van der Waals surface area contributed by atoms with Gasteiger partial charge < -0.3 is 15.4 Å². The number of hydrogen-bond acceptors (Lipinski definition) is 6. The quantitative estimate of drug-likeness (QED) is 0.372. The molecule has 1 aliphatic rings. The Hall–Kier alpha value is -0.470. The maximum absolute atomic E-state index is 11.4. The molecule has 0 aliphatic carbocycles. The third-order valence-electron chi connectivity index (χ3n) is 2.26. The molecule has 2 N–H and O–H groups in total. The van der Waals surface area contributed by atoms with Crippen LogP contribution in [0.25, 0.3) is 0 Å². The summed E-state index contributed by atoms with van der Waals surface area (Å²) in [6.45, 7) is 3.80. The van der Waals surface area contributed by atoms with E-state index in [1.165, 1.54) is 4.90 Å². The number of nitrogens with zero attached hydrogens (tertiary/aromatic N) is 2. The van der Waals surface area contributed by atoms with E-state index in [1.807, 2.05) is 11.8 Å². The maximum atomic E-state index is 11.4. The molecule has 0 atom stereocenters. The average molecular weight is 321 g/mol. The zero-order valence-corrected chi connectivity index (χ0v) is 13.6. The number of ether oxygens (including phenoxy) is 1. The molecule has 1 rings (SSSR count). The Morgan fingerprint density at radius 3 is 2.68 bits per heavy atom. The minimum Gasteiger partial charge on any atom is -0.483 e. The van der Waals surface area contributed by atoms with Crippen molar-refractivity contribution < 1.29 is 9.53 Å². The third kappa shape index (κ3) is 7.03. The summed E-state index contributed by atoms with van der Waals surface area (Å²) in [4.78, 5) is 12.8. The van der Waals surface area contributed by atoms with Gasteiger partial charge in [0.15, 0.2) is 10.3 Å². The Balaban J connectivity index is 2.29. The van der Waals surface area contributed by atoms with Gasteiger partial charge in [-0.15, -0.1) is 0 Å². The van der Waals surface area contributed by atoms with Crippen LogP contribution in [0, 0.1) is 0 Å². The van der Waals surface area contributed by atoms with E-state index in [4.69, 9.17) is 10.5 Å². The summed E-state index contributed by atoms with van der Waals surface area (Å²) in [5.41, 5.74) is 5.64. The first-order valence-electron chi connectivity index (χ1n) is 5.82. The Labute approximate surface area is 126 Å². The summed E-state index contributed by atoms with van der Waals surface area (Å²) in [7, 11) is 3.33. The van der Waals surface area contributed by atoms with Crippen LogP contribution in [0.15, 0.2) is 16.1 Å². The molecule has 0 aromatic carbocycles. The highest BCUT2D eigenvalue weighted by molar-refractivity contribution is 8.26. The Morgan fingerprint density at radius 2 is 2.11 bits per heavy atom. The molecule has 1 saturated heterocycles. The average Bonchev–Trinajstić information content (AvgIpc) is 2.37. The summed E-state index contributed by atoms with van der Waals surface area (Å²) in [5, 5.41) is 0.572. The predicted molar refractivity (Wildman–Crippen MR) is 86.5 cm³/mol. The molecule has 1 amide bonds. The van der Waals surface area contributed by atoms with Crippen LogP contribution in [0.3, 0.4) is 0 Å². The molecule has 0 spiro atoms. The molecule has 0 unspecified atom stereocenters. The van der Waals surface area contributed by atoms with Gasteiger partial charge in [0, 0.05) is 25.9 Å². The lowest BCUT2D eigenvalue weighted by Gasteiger charge is -2.22. The standard InChI is InChI=1S/C11H19N3O2S3/c1-8(16-9-4-6-17-7-5-9)19-13-10(12)18-11(15)14(2)3/h9H,1,4-7H2,2-3H3,(H2,12,13). The lowest BCUT2D eigenvalue weighted by Crippen LogP contribution is -2.21. The number of amidine groups is 1. The molecule has 0 radical (unpaired) electrons. The summed E-state index contributed by atoms with van der Waals surface area (Å²) in [6.07, 6.45) is 2.31. The molecule has 1 aliphatic heterocycles. The van der Waals surface area contributed by atoms with Crippen molar-refractivity contribution in [3.63, 3.8) is 0 Å². The van der Waals surface area contributed by atoms with Crippen molar-refractivity contribution in [2.75, 3.05) is 25.6 Å². The zero-order valence-electron chi connectivity index (χ0n) is 11.1. The SMILES string of the molecule is C=C(OC1CCSCC1)SN=C(N)SC(=O)N(C)C. The number of rotatable bonds is 4. The van der Waals surface area contributed by atoms with E-state index < -0.39 is 0 Å². The second-order valence-corrected chi connectivity index (χ2v) is 7.10. The van der Waals surface area contributed by atoms with Crippen molar-refractivity contribution in [1.82, 2.24) is 4.90 Å². The monoisotopic (exact) mass is 321 g/mol. The molecule has 1 heterocycles. The van der Waals surface area contributed by atoms with E-state index in [1.54, 1.807) is 14.1 Å². The molecular formula is C11H19N3O2S3. The van der Waals surface area contributed by atoms with Gasteiger partial charge in [-0.1, -0.05) is 0 Å². The number of thioether (sulfide) groups is 2. The van der Waals surface area contributed by atoms with Crippen LogP contribution in [0.2, 0.25) is 0 Å². The van der Waals surface area contributed by atoms with E-state index >= 15 is 0 Å². The van der Waals surface area contributed by atoms with Crippen LogP contribution in [0.5, 0.6) is 0 Å². The van der Waals surface area contributed by atoms with Crippen LogP contribution in [0.4, 0.5) is 4.79 Å². The highest BCUT2D eigenvalue weighted by Crippen LogP contribution is 2.26. The van der Waals surface area contributed by atoms with E-state index in [0.717, 1.165) is 48.1 Å². The number of hydrogen-bond donors (Lipinski definition) is 1. The van der Waals surface area contributed by atoms with Crippen molar-refractivity contribution in [2.24, 2.45) is 10.1 Å². The minimum atomic E-state index is -0.155. The number of carbonyl (C=O) groups is 1. The molecule has 108 valence electrons. The van der Waals surface area contributed by atoms with Gasteiger partial charge >= 0.3 is 0 Å². The Kier molecular flexibility index (Phi) is 7.55. The van der Waals surface area contributed by atoms with Crippen molar-refractivity contribution in [3.05, 3.63) is 11.7 Å². The van der Waals surface area contributed by atoms with Gasteiger partial charge in [0.05, 0.1) is 11.9 Å². The van der Waals surface area contributed by atoms with Gasteiger partial charge in [-0.05, 0) is 30.9 Å². The zero-order chi connectivity index (χ0) is 14.3. The Morgan fingerprint density at radius 1 is 1.47 bits per heavy atom. The van der Waals surface area contributed by atoms with Crippen LogP contribution >= 0.6 is 35.5 Å². The molecule has 0 saturated carbocycles. The van der Waals surface area contributed by atoms with Crippen molar-refractivity contribution >= 4 is 45.9 Å². The van der Waals surface area contributed by atoms with Gasteiger partial charge in [-0.3, -0.25) is 4.79 Å². The molecule has 8 heteroatoms. The highest BCUT2D eigenvalue weighted by Gasteiger charge is 2.16. The molecule has 0 aromatic rings. The van der Waals surface area contributed by atoms with Crippen molar-refractivity contribution in [1.29, 1.82) is 0 Å². The van der Waals surface area contributed by atoms with Gasteiger partial charge in [-0.2, -0.15) is 16.2 Å². The van der Waals surface area contributed by atoms with Crippen molar-refractivity contribution in [3.8, 4) is 0 Å². The molecule has 5 nitrogen and oxygen atoms in total. The minimum absolute atomic E-state index is 0.155. The van der Waals surface area contributed by atoms with E-state index in [-0.39, 0.29) is 16.5 Å². The largest absolute Gasteiger partial charge is 0.483 e. The second-order valence-electron chi connectivity index (χ2n) is 4.08. The highest BCUT2D eigenvalue weighted by atomic mass is 32.2. The van der Waals surface area contributed by atoms with Gasteiger partial charge in [-0.25, -0.2) is 0 Å². The molecule has 19 heavy (non-hydrogen) atoms. The summed E-state index contributed by atoms with van der Waals surface area (Å²) in [5.74, 6) is 2.25. The fraction of sp³-hybridized carbons (Fsp3) is 0.636. The van der Waals surface area contributed by atoms with Gasteiger partial charge in [0.2, 0.25) is 0 Å². The predicted octanol–water partition coefficient (Wildman–Crippen LogP) is 2.75. The van der Waals surface area contributed by atoms with Crippen LogP contribution in [-0.4, -0.2) is 47.0 Å². The lowest BCUT2D eigenvalue weighted by molar-refractivity contribution is 0.129. The number of amides is 1. The lowest BCUT2D eigenvalue weighted by atomic mass is 10.2. The van der Waals surface area contributed by atoms with Crippen molar-refractivity contribution in [2.45, 2.75) is 18.9 Å². The van der Waals surface area contributed by atoms with Gasteiger partial charge in [0.25, 0.3) is 5.24 Å². The third-order valence-corrected chi connectivity index (χ3v) is 4.85.